The number of H-pyrrole nitrogens is 2. The van der Waals surface area contributed by atoms with Crippen LogP contribution in [-0.2, 0) is 6.54 Å². The Hall–Kier alpha value is -2.41. The van der Waals surface area contributed by atoms with Gasteiger partial charge in [-0.2, -0.15) is 0 Å². The van der Waals surface area contributed by atoms with E-state index in [1.54, 1.807) is 19.1 Å². The molecule has 0 atom stereocenters. The van der Waals surface area contributed by atoms with E-state index in [2.05, 4.69) is 19.9 Å². The Labute approximate surface area is 117 Å². The number of fused-ring (bicyclic) bond motifs is 1. The lowest BCUT2D eigenvalue weighted by Gasteiger charge is -1.97. The fourth-order valence-electron chi connectivity index (χ4n) is 1.95. The molecule has 8 heteroatoms. The van der Waals surface area contributed by atoms with Crippen LogP contribution in [0.1, 0.15) is 6.92 Å². The summed E-state index contributed by atoms with van der Waals surface area (Å²) < 4.78 is 1.10. The molecule has 0 aliphatic rings. The Morgan fingerprint density at radius 2 is 2.10 bits per heavy atom. The summed E-state index contributed by atoms with van der Waals surface area (Å²) >= 11 is 5.72. The molecule has 2 N–H and O–H groups in total. The highest BCUT2D eigenvalue weighted by Crippen LogP contribution is 2.17. The Bertz CT molecular complexity index is 891. The minimum absolute atomic E-state index is 0.231. The number of halogens is 1. The van der Waals surface area contributed by atoms with Crippen LogP contribution < -0.4 is 11.2 Å². The Morgan fingerprint density at radius 3 is 2.75 bits per heavy atom. The summed E-state index contributed by atoms with van der Waals surface area (Å²) in [5.74, 6) is 0.450. The van der Waals surface area contributed by atoms with Crippen LogP contribution in [-0.4, -0.2) is 24.5 Å². The van der Waals surface area contributed by atoms with Crippen molar-refractivity contribution in [2.45, 2.75) is 13.5 Å². The molecule has 0 saturated carbocycles. The summed E-state index contributed by atoms with van der Waals surface area (Å²) in [7, 11) is 0. The number of pyridine rings is 1. The van der Waals surface area contributed by atoms with Gasteiger partial charge in [0, 0.05) is 18.3 Å². The third kappa shape index (κ3) is 1.92. The Morgan fingerprint density at radius 1 is 1.30 bits per heavy atom. The van der Waals surface area contributed by atoms with E-state index < -0.39 is 11.2 Å². The summed E-state index contributed by atoms with van der Waals surface area (Å²) in [6.45, 7) is 2.02. The maximum atomic E-state index is 12.1. The molecule has 0 saturated heterocycles. The molecule has 0 aliphatic heterocycles. The molecule has 3 heterocycles. The molecule has 3 aromatic heterocycles. The van der Waals surface area contributed by atoms with Gasteiger partial charge in [-0.3, -0.25) is 14.3 Å². The van der Waals surface area contributed by atoms with E-state index in [1.807, 2.05) is 0 Å². The molecule has 3 aromatic rings. The standard InChI is InChI=1S/C12H10ClN5O2/c1-2-18-11(19)8-10(17-12(18)20)16-9(15-8)6-3-4-7(13)14-5-6/h3-5H,2H2,1H3,(H,15,16)(H,17,20). The molecule has 0 unspecified atom stereocenters. The number of hydrogen-bond acceptors (Lipinski definition) is 4. The largest absolute Gasteiger partial charge is 0.332 e. The average Bonchev–Trinajstić information content (AvgIpc) is 2.84. The normalized spacial score (nSPS) is 11.1. The first-order valence-corrected chi connectivity index (χ1v) is 6.32. The van der Waals surface area contributed by atoms with Crippen LogP contribution in [0.25, 0.3) is 22.6 Å². The maximum absolute atomic E-state index is 12.1. The fourth-order valence-corrected chi connectivity index (χ4v) is 2.07. The van der Waals surface area contributed by atoms with Crippen molar-refractivity contribution in [3.63, 3.8) is 0 Å². The summed E-state index contributed by atoms with van der Waals surface area (Å²) in [6, 6.07) is 3.35. The number of aromatic nitrogens is 5. The van der Waals surface area contributed by atoms with Gasteiger partial charge in [-0.15, -0.1) is 0 Å². The molecule has 0 aliphatic carbocycles. The van der Waals surface area contributed by atoms with Crippen molar-refractivity contribution in [2.75, 3.05) is 0 Å². The third-order valence-electron chi connectivity index (χ3n) is 2.95. The van der Waals surface area contributed by atoms with Crippen LogP contribution in [0, 0.1) is 0 Å². The summed E-state index contributed by atoms with van der Waals surface area (Å²) in [6.07, 6.45) is 1.54. The van der Waals surface area contributed by atoms with Gasteiger partial charge in [-0.25, -0.2) is 14.8 Å². The zero-order chi connectivity index (χ0) is 14.3. The number of nitrogens with zero attached hydrogens (tertiary/aromatic N) is 3. The van der Waals surface area contributed by atoms with Crippen LogP contribution in [0.3, 0.4) is 0 Å². The molecule has 0 amide bonds. The lowest BCUT2D eigenvalue weighted by molar-refractivity contribution is 0.682. The second kappa shape index (κ2) is 4.61. The number of rotatable bonds is 2. The maximum Gasteiger partial charge on any atom is 0.330 e. The number of aromatic amines is 2. The summed E-state index contributed by atoms with van der Waals surface area (Å²) in [4.78, 5) is 37.4. The lowest BCUT2D eigenvalue weighted by Crippen LogP contribution is -2.34. The van der Waals surface area contributed by atoms with Gasteiger partial charge in [0.25, 0.3) is 5.56 Å². The molecular weight excluding hydrogens is 282 g/mol. The zero-order valence-corrected chi connectivity index (χ0v) is 11.2. The lowest BCUT2D eigenvalue weighted by atomic mass is 10.3. The fraction of sp³-hybridized carbons (Fsp3) is 0.167. The van der Waals surface area contributed by atoms with Gasteiger partial charge < -0.3 is 4.98 Å². The second-order valence-electron chi connectivity index (χ2n) is 4.16. The highest BCUT2D eigenvalue weighted by atomic mass is 35.5. The van der Waals surface area contributed by atoms with Gasteiger partial charge in [-0.1, -0.05) is 11.6 Å². The zero-order valence-electron chi connectivity index (χ0n) is 10.5. The van der Waals surface area contributed by atoms with Gasteiger partial charge in [0.1, 0.15) is 16.5 Å². The minimum atomic E-state index is -0.475. The Balaban J connectivity index is 2.26. The molecule has 0 bridgehead atoms. The highest BCUT2D eigenvalue weighted by Gasteiger charge is 2.12. The minimum Gasteiger partial charge on any atom is -0.332 e. The van der Waals surface area contributed by atoms with E-state index in [1.165, 1.54) is 6.20 Å². The van der Waals surface area contributed by atoms with Crippen LogP contribution in [0.4, 0.5) is 0 Å². The summed E-state index contributed by atoms with van der Waals surface area (Å²) in [5.41, 5.74) is 0.296. The van der Waals surface area contributed by atoms with E-state index in [-0.39, 0.29) is 11.2 Å². The highest BCUT2D eigenvalue weighted by molar-refractivity contribution is 6.29. The van der Waals surface area contributed by atoms with Crippen molar-refractivity contribution in [1.29, 1.82) is 0 Å². The van der Waals surface area contributed by atoms with Crippen molar-refractivity contribution >= 4 is 22.8 Å². The van der Waals surface area contributed by atoms with Crippen LogP contribution in [0.2, 0.25) is 5.15 Å². The molecule has 102 valence electrons. The molecule has 7 nitrogen and oxygen atoms in total. The van der Waals surface area contributed by atoms with Crippen molar-refractivity contribution in [3.8, 4) is 11.4 Å². The van der Waals surface area contributed by atoms with E-state index in [0.717, 1.165) is 4.57 Å². The van der Waals surface area contributed by atoms with Gasteiger partial charge in [0.2, 0.25) is 0 Å². The molecule has 3 rings (SSSR count). The first-order chi connectivity index (χ1) is 9.60. The van der Waals surface area contributed by atoms with Crippen molar-refractivity contribution < 1.29 is 0 Å². The number of hydrogen-bond donors (Lipinski definition) is 2. The molecule has 20 heavy (non-hydrogen) atoms. The quantitative estimate of drug-likeness (QED) is 0.692. The van der Waals surface area contributed by atoms with E-state index in [0.29, 0.717) is 23.1 Å². The molecule has 0 aromatic carbocycles. The Kier molecular flexibility index (Phi) is 2.90. The second-order valence-corrected chi connectivity index (χ2v) is 4.55. The van der Waals surface area contributed by atoms with Gasteiger partial charge in [0.05, 0.1) is 0 Å². The first-order valence-electron chi connectivity index (χ1n) is 5.95. The predicted octanol–water partition coefficient (Wildman–Crippen LogP) is 1.15. The monoisotopic (exact) mass is 291 g/mol. The van der Waals surface area contributed by atoms with Gasteiger partial charge >= 0.3 is 5.69 Å². The number of nitrogens with one attached hydrogen (secondary N) is 2. The van der Waals surface area contributed by atoms with E-state index in [4.69, 9.17) is 11.6 Å². The van der Waals surface area contributed by atoms with E-state index >= 15 is 0 Å². The van der Waals surface area contributed by atoms with Gasteiger partial charge in [0.15, 0.2) is 5.65 Å². The first kappa shape index (κ1) is 12.6. The van der Waals surface area contributed by atoms with Crippen molar-refractivity contribution in [1.82, 2.24) is 24.5 Å². The average molecular weight is 292 g/mol. The van der Waals surface area contributed by atoms with Crippen molar-refractivity contribution in [3.05, 3.63) is 44.3 Å². The van der Waals surface area contributed by atoms with Crippen LogP contribution in [0.5, 0.6) is 0 Å². The van der Waals surface area contributed by atoms with Crippen LogP contribution >= 0.6 is 11.6 Å². The topological polar surface area (TPSA) is 96.4 Å². The molecular formula is C12H10ClN5O2. The molecule has 0 spiro atoms. The van der Waals surface area contributed by atoms with Crippen LogP contribution in [0.15, 0.2) is 27.9 Å². The smallest absolute Gasteiger partial charge is 0.330 e. The molecule has 0 fully saturated rings. The van der Waals surface area contributed by atoms with Gasteiger partial charge in [-0.05, 0) is 19.1 Å². The SMILES string of the molecule is CCn1c(=O)[nH]c2nc(-c3ccc(Cl)nc3)[nH]c2c1=O. The summed E-state index contributed by atoms with van der Waals surface area (Å²) in [5, 5.41) is 0.367. The van der Waals surface area contributed by atoms with E-state index in [9.17, 15) is 9.59 Å². The molecule has 0 radical (unpaired) electrons. The predicted molar refractivity (Wildman–Crippen MR) is 74.9 cm³/mol. The number of imidazole rings is 1. The van der Waals surface area contributed by atoms with Crippen molar-refractivity contribution in [2.24, 2.45) is 0 Å². The third-order valence-corrected chi connectivity index (χ3v) is 3.17.